The van der Waals surface area contributed by atoms with Crippen molar-refractivity contribution in [1.82, 2.24) is 10.4 Å². The number of anilines is 1. The minimum Gasteiger partial charge on any atom is -0.369 e. The van der Waals surface area contributed by atoms with Crippen molar-refractivity contribution >= 4 is 17.7 Å². The van der Waals surface area contributed by atoms with E-state index < -0.39 is 5.91 Å². The van der Waals surface area contributed by atoms with Crippen molar-refractivity contribution < 1.29 is 10.0 Å². The quantitative estimate of drug-likeness (QED) is 0.500. The van der Waals surface area contributed by atoms with Gasteiger partial charge in [-0.15, -0.1) is 0 Å². The number of rotatable bonds is 5. The highest BCUT2D eigenvalue weighted by molar-refractivity contribution is 5.90. The number of hydroxylamine groups is 1. The van der Waals surface area contributed by atoms with Crippen LogP contribution < -0.4 is 10.4 Å². The van der Waals surface area contributed by atoms with Crippen molar-refractivity contribution in [2.24, 2.45) is 0 Å². The van der Waals surface area contributed by atoms with E-state index in [1.165, 1.54) is 17.3 Å². The van der Waals surface area contributed by atoms with Crippen LogP contribution in [0.15, 0.2) is 60.7 Å². The average molecular weight is 337 g/mol. The van der Waals surface area contributed by atoms with Crippen LogP contribution in [0.2, 0.25) is 0 Å². The maximum atomic E-state index is 11.0. The molecule has 1 saturated heterocycles. The predicted octanol–water partition coefficient (Wildman–Crippen LogP) is 2.53. The first-order valence-electron chi connectivity index (χ1n) is 8.48. The smallest absolute Gasteiger partial charge is 0.267 e. The zero-order chi connectivity index (χ0) is 17.5. The van der Waals surface area contributed by atoms with Gasteiger partial charge < -0.3 is 4.90 Å². The van der Waals surface area contributed by atoms with Crippen LogP contribution in [-0.2, 0) is 11.3 Å². The molecule has 130 valence electrons. The zero-order valence-electron chi connectivity index (χ0n) is 14.1. The first-order valence-corrected chi connectivity index (χ1v) is 8.48. The lowest BCUT2D eigenvalue weighted by molar-refractivity contribution is -0.124. The molecule has 1 aliphatic heterocycles. The Hall–Kier alpha value is -2.63. The highest BCUT2D eigenvalue weighted by Crippen LogP contribution is 2.17. The maximum Gasteiger partial charge on any atom is 0.267 e. The van der Waals surface area contributed by atoms with E-state index in [2.05, 4.69) is 52.3 Å². The Labute approximate surface area is 148 Å². The fraction of sp³-hybridized carbons (Fsp3) is 0.250. The summed E-state index contributed by atoms with van der Waals surface area (Å²) in [7, 11) is 0. The SMILES string of the molecule is O=C(/C=C/c1ccc(CN2CCN(c3ccccc3)CC2)cc1)NO. The second-order valence-corrected chi connectivity index (χ2v) is 6.15. The summed E-state index contributed by atoms with van der Waals surface area (Å²) in [6.45, 7) is 5.12. The molecule has 1 fully saturated rings. The predicted molar refractivity (Wildman–Crippen MR) is 99.3 cm³/mol. The van der Waals surface area contributed by atoms with Gasteiger partial charge in [-0.2, -0.15) is 0 Å². The lowest BCUT2D eigenvalue weighted by Crippen LogP contribution is -2.45. The van der Waals surface area contributed by atoms with E-state index in [0.717, 1.165) is 38.3 Å². The van der Waals surface area contributed by atoms with E-state index in [1.54, 1.807) is 11.6 Å². The molecule has 0 radical (unpaired) electrons. The van der Waals surface area contributed by atoms with Crippen molar-refractivity contribution in [2.75, 3.05) is 31.1 Å². The van der Waals surface area contributed by atoms with Gasteiger partial charge in [-0.1, -0.05) is 42.5 Å². The number of carbonyl (C=O) groups is 1. The molecule has 2 aromatic carbocycles. The second kappa shape index (κ2) is 8.46. The summed E-state index contributed by atoms with van der Waals surface area (Å²) in [5.41, 5.74) is 5.07. The van der Waals surface area contributed by atoms with Crippen molar-refractivity contribution in [2.45, 2.75) is 6.54 Å². The molecule has 0 atom stereocenters. The number of nitrogens with zero attached hydrogens (tertiary/aromatic N) is 2. The van der Waals surface area contributed by atoms with Gasteiger partial charge in [0.25, 0.3) is 5.91 Å². The molecule has 2 aromatic rings. The van der Waals surface area contributed by atoms with Gasteiger partial charge in [0.2, 0.25) is 0 Å². The van der Waals surface area contributed by atoms with Crippen molar-refractivity contribution in [3.63, 3.8) is 0 Å². The number of hydrogen-bond donors (Lipinski definition) is 2. The summed E-state index contributed by atoms with van der Waals surface area (Å²) in [5.74, 6) is -0.527. The monoisotopic (exact) mass is 337 g/mol. The van der Waals surface area contributed by atoms with Gasteiger partial charge in [-0.05, 0) is 29.3 Å². The van der Waals surface area contributed by atoms with Crippen LogP contribution in [-0.4, -0.2) is 42.2 Å². The number of amides is 1. The number of para-hydroxylation sites is 1. The molecule has 0 unspecified atom stereocenters. The molecular formula is C20H23N3O2. The van der Waals surface area contributed by atoms with Crippen LogP contribution in [0.5, 0.6) is 0 Å². The van der Waals surface area contributed by atoms with Crippen molar-refractivity contribution in [3.05, 3.63) is 71.8 Å². The van der Waals surface area contributed by atoms with Gasteiger partial charge in [0.05, 0.1) is 0 Å². The normalized spacial score (nSPS) is 15.5. The molecule has 0 aromatic heterocycles. The second-order valence-electron chi connectivity index (χ2n) is 6.15. The Morgan fingerprint density at radius 3 is 2.32 bits per heavy atom. The molecule has 0 spiro atoms. The third-order valence-electron chi connectivity index (χ3n) is 4.42. The number of benzene rings is 2. The van der Waals surface area contributed by atoms with E-state index >= 15 is 0 Å². The van der Waals surface area contributed by atoms with E-state index in [4.69, 9.17) is 5.21 Å². The zero-order valence-corrected chi connectivity index (χ0v) is 14.1. The number of piperazine rings is 1. The van der Waals surface area contributed by atoms with Crippen LogP contribution >= 0.6 is 0 Å². The third kappa shape index (κ3) is 4.92. The molecule has 25 heavy (non-hydrogen) atoms. The Balaban J connectivity index is 1.50. The summed E-state index contributed by atoms with van der Waals surface area (Å²) in [6, 6.07) is 18.7. The average Bonchev–Trinajstić information content (AvgIpc) is 2.68. The summed E-state index contributed by atoms with van der Waals surface area (Å²) in [4.78, 5) is 15.9. The van der Waals surface area contributed by atoms with E-state index in [1.807, 2.05) is 12.1 Å². The van der Waals surface area contributed by atoms with Crippen LogP contribution in [0.1, 0.15) is 11.1 Å². The van der Waals surface area contributed by atoms with Gasteiger partial charge in [0.15, 0.2) is 0 Å². The minimum atomic E-state index is -0.527. The summed E-state index contributed by atoms with van der Waals surface area (Å²) < 4.78 is 0. The first kappa shape index (κ1) is 17.2. The highest BCUT2D eigenvalue weighted by Gasteiger charge is 2.16. The van der Waals surface area contributed by atoms with Crippen LogP contribution in [0, 0.1) is 0 Å². The molecule has 0 bridgehead atoms. The third-order valence-corrected chi connectivity index (χ3v) is 4.42. The van der Waals surface area contributed by atoms with Crippen molar-refractivity contribution in [3.8, 4) is 0 Å². The maximum absolute atomic E-state index is 11.0. The van der Waals surface area contributed by atoms with Gasteiger partial charge in [-0.25, -0.2) is 5.48 Å². The molecule has 1 aliphatic rings. The Morgan fingerprint density at radius 2 is 1.68 bits per heavy atom. The lowest BCUT2D eigenvalue weighted by Gasteiger charge is -2.36. The van der Waals surface area contributed by atoms with Crippen LogP contribution in [0.3, 0.4) is 0 Å². The largest absolute Gasteiger partial charge is 0.369 e. The van der Waals surface area contributed by atoms with Crippen LogP contribution in [0.4, 0.5) is 5.69 Å². The number of hydrogen-bond acceptors (Lipinski definition) is 4. The Morgan fingerprint density at radius 1 is 1.00 bits per heavy atom. The highest BCUT2D eigenvalue weighted by atomic mass is 16.5. The minimum absolute atomic E-state index is 0.527. The molecule has 5 heteroatoms. The Kier molecular flexibility index (Phi) is 5.82. The first-order chi connectivity index (χ1) is 12.2. The van der Waals surface area contributed by atoms with Gasteiger partial charge in [0, 0.05) is 44.5 Å². The topological polar surface area (TPSA) is 55.8 Å². The van der Waals surface area contributed by atoms with Gasteiger partial charge >= 0.3 is 0 Å². The van der Waals surface area contributed by atoms with Gasteiger partial charge in [0.1, 0.15) is 0 Å². The standard InChI is InChI=1S/C20H23N3O2/c24-20(21-25)11-10-17-6-8-18(9-7-17)16-22-12-14-23(15-13-22)19-4-2-1-3-5-19/h1-11,25H,12-16H2,(H,21,24)/b11-10+. The molecule has 2 N–H and O–H groups in total. The van der Waals surface area contributed by atoms with E-state index in [-0.39, 0.29) is 0 Å². The molecule has 5 nitrogen and oxygen atoms in total. The summed E-state index contributed by atoms with van der Waals surface area (Å²) in [6.07, 6.45) is 2.98. The van der Waals surface area contributed by atoms with Gasteiger partial charge in [-0.3, -0.25) is 14.9 Å². The molecule has 1 amide bonds. The Bertz CT molecular complexity index is 705. The summed E-state index contributed by atoms with van der Waals surface area (Å²) in [5, 5.41) is 8.47. The molecule has 0 aliphatic carbocycles. The lowest BCUT2D eigenvalue weighted by atomic mass is 10.1. The fourth-order valence-electron chi connectivity index (χ4n) is 3.00. The number of carbonyl (C=O) groups excluding carboxylic acids is 1. The molecule has 3 rings (SSSR count). The van der Waals surface area contributed by atoms with E-state index in [0.29, 0.717) is 0 Å². The molecule has 1 heterocycles. The fourth-order valence-corrected chi connectivity index (χ4v) is 3.00. The van der Waals surface area contributed by atoms with Crippen molar-refractivity contribution in [1.29, 1.82) is 0 Å². The van der Waals surface area contributed by atoms with E-state index in [9.17, 15) is 4.79 Å². The van der Waals surface area contributed by atoms with Crippen LogP contribution in [0.25, 0.3) is 6.08 Å². The summed E-state index contributed by atoms with van der Waals surface area (Å²) >= 11 is 0. The molecular weight excluding hydrogens is 314 g/mol. The molecule has 0 saturated carbocycles. The number of nitrogens with one attached hydrogen (secondary N) is 1.